The molecule has 0 aliphatic heterocycles. The molecule has 180 valence electrons. The monoisotopic (exact) mass is 456 g/mol. The van der Waals surface area contributed by atoms with Crippen LogP contribution in [-0.4, -0.2) is 0 Å². The van der Waals surface area contributed by atoms with Crippen LogP contribution in [0.3, 0.4) is 0 Å². The summed E-state index contributed by atoms with van der Waals surface area (Å²) >= 11 is 0. The molecule has 1 aromatic rings. The zero-order valence-electron chi connectivity index (χ0n) is 20.3. The van der Waals surface area contributed by atoms with Crippen LogP contribution in [0.25, 0.3) is 6.08 Å². The van der Waals surface area contributed by atoms with Crippen LogP contribution in [-0.2, 0) is 0 Å². The number of allylic oxidation sites excluding steroid dienone is 5. The summed E-state index contributed by atoms with van der Waals surface area (Å²) in [5, 5.41) is 0. The molecular formula is C30H39F3. The van der Waals surface area contributed by atoms with Crippen molar-refractivity contribution in [2.24, 2.45) is 23.7 Å². The third kappa shape index (κ3) is 5.84. The van der Waals surface area contributed by atoms with Crippen molar-refractivity contribution in [1.29, 1.82) is 0 Å². The lowest BCUT2D eigenvalue weighted by Gasteiger charge is -2.29. The average molecular weight is 457 g/mol. The first-order valence-electron chi connectivity index (χ1n) is 13.2. The van der Waals surface area contributed by atoms with E-state index in [1.54, 1.807) is 18.2 Å². The Morgan fingerprint density at radius 1 is 0.879 bits per heavy atom. The van der Waals surface area contributed by atoms with Crippen molar-refractivity contribution >= 4 is 6.08 Å². The fraction of sp³-hybridized carbons (Fsp3) is 0.600. The predicted molar refractivity (Wildman–Crippen MR) is 132 cm³/mol. The molecule has 1 aromatic carbocycles. The largest absolute Gasteiger partial charge is 0.212 e. The normalized spacial score (nSPS) is 30.9. The number of hydrogen-bond acceptors (Lipinski definition) is 0. The zero-order valence-corrected chi connectivity index (χ0v) is 20.3. The summed E-state index contributed by atoms with van der Waals surface area (Å²) in [7, 11) is 0. The van der Waals surface area contributed by atoms with Crippen LogP contribution in [0.15, 0.2) is 41.8 Å². The first kappa shape index (κ1) is 24.4. The Balaban J connectivity index is 1.33. The molecular weight excluding hydrogens is 417 g/mol. The molecule has 0 spiro atoms. The fourth-order valence-electron chi connectivity index (χ4n) is 6.15. The Kier molecular flexibility index (Phi) is 8.20. The second kappa shape index (κ2) is 11.1. The SMILES string of the molecule is CCCC1CCC(c2ccc(/C=C/C3CCC(C4=CCC(C)C(F)=C4)CC3)c(F)c2F)CC1. The first-order valence-corrected chi connectivity index (χ1v) is 13.2. The first-order chi connectivity index (χ1) is 16.0. The van der Waals surface area contributed by atoms with Gasteiger partial charge in [0, 0.05) is 11.5 Å². The van der Waals surface area contributed by atoms with Gasteiger partial charge in [-0.3, -0.25) is 0 Å². The van der Waals surface area contributed by atoms with Crippen LogP contribution in [0.4, 0.5) is 13.2 Å². The maximum atomic E-state index is 14.9. The lowest BCUT2D eigenvalue weighted by Crippen LogP contribution is -2.16. The van der Waals surface area contributed by atoms with Crippen LogP contribution >= 0.6 is 0 Å². The highest BCUT2D eigenvalue weighted by molar-refractivity contribution is 5.52. The summed E-state index contributed by atoms with van der Waals surface area (Å²) in [5.74, 6) is 0.363. The molecule has 0 heterocycles. The van der Waals surface area contributed by atoms with E-state index in [-0.39, 0.29) is 17.7 Å². The minimum atomic E-state index is -0.699. The van der Waals surface area contributed by atoms with Gasteiger partial charge in [-0.15, -0.1) is 0 Å². The van der Waals surface area contributed by atoms with Gasteiger partial charge in [0.25, 0.3) is 0 Å². The van der Waals surface area contributed by atoms with E-state index in [0.29, 0.717) is 23.0 Å². The van der Waals surface area contributed by atoms with E-state index in [4.69, 9.17) is 0 Å². The van der Waals surface area contributed by atoms with Gasteiger partial charge in [-0.25, -0.2) is 13.2 Å². The van der Waals surface area contributed by atoms with Crippen LogP contribution in [0.5, 0.6) is 0 Å². The highest BCUT2D eigenvalue weighted by atomic mass is 19.2. The summed E-state index contributed by atoms with van der Waals surface area (Å²) in [4.78, 5) is 0. The zero-order chi connectivity index (χ0) is 23.4. The summed E-state index contributed by atoms with van der Waals surface area (Å²) in [5.41, 5.74) is 2.07. The lowest BCUT2D eigenvalue weighted by molar-refractivity contribution is 0.303. The maximum Gasteiger partial charge on any atom is 0.166 e. The minimum absolute atomic E-state index is 0.00414. The molecule has 0 saturated heterocycles. The molecule has 0 N–H and O–H groups in total. The van der Waals surface area contributed by atoms with E-state index in [9.17, 15) is 13.2 Å². The highest BCUT2D eigenvalue weighted by Gasteiger charge is 2.27. The molecule has 3 aliphatic carbocycles. The Hall–Kier alpha value is -1.77. The molecule has 33 heavy (non-hydrogen) atoms. The van der Waals surface area contributed by atoms with E-state index in [1.165, 1.54) is 12.8 Å². The van der Waals surface area contributed by atoms with Crippen LogP contribution in [0, 0.1) is 35.3 Å². The van der Waals surface area contributed by atoms with Gasteiger partial charge in [0.15, 0.2) is 11.6 Å². The maximum absolute atomic E-state index is 14.9. The molecule has 0 radical (unpaired) electrons. The Morgan fingerprint density at radius 2 is 1.58 bits per heavy atom. The van der Waals surface area contributed by atoms with E-state index >= 15 is 0 Å². The van der Waals surface area contributed by atoms with Gasteiger partial charge in [-0.05, 0) is 98.7 Å². The Bertz CT molecular complexity index is 893. The molecule has 1 unspecified atom stereocenters. The topological polar surface area (TPSA) is 0 Å². The standard InChI is InChI=1S/C30H39F3/c1-3-4-21-8-14-24(15-9-21)27-18-17-25(29(32)30(27)33)16-10-22-6-12-23(13-7-22)26-11-5-20(2)28(31)19-26/h10-11,16-24H,3-9,12-15H2,1-2H3/b16-10+. The van der Waals surface area contributed by atoms with Crippen molar-refractivity contribution in [2.45, 2.75) is 90.4 Å². The van der Waals surface area contributed by atoms with Gasteiger partial charge in [0.05, 0.1) is 0 Å². The van der Waals surface area contributed by atoms with E-state index < -0.39 is 11.6 Å². The summed E-state index contributed by atoms with van der Waals surface area (Å²) in [6, 6.07) is 3.58. The molecule has 1 atom stereocenters. The summed E-state index contributed by atoms with van der Waals surface area (Å²) in [6.07, 6.45) is 19.3. The van der Waals surface area contributed by atoms with Crippen LogP contribution < -0.4 is 0 Å². The molecule has 0 nitrogen and oxygen atoms in total. The van der Waals surface area contributed by atoms with Crippen LogP contribution in [0.2, 0.25) is 0 Å². The highest BCUT2D eigenvalue weighted by Crippen LogP contribution is 2.40. The molecule has 0 aromatic heterocycles. The second-order valence-corrected chi connectivity index (χ2v) is 10.7. The molecule has 4 rings (SSSR count). The third-order valence-electron chi connectivity index (χ3n) is 8.40. The van der Waals surface area contributed by atoms with Crippen molar-refractivity contribution in [3.63, 3.8) is 0 Å². The Morgan fingerprint density at radius 3 is 2.24 bits per heavy atom. The third-order valence-corrected chi connectivity index (χ3v) is 8.40. The van der Waals surface area contributed by atoms with Gasteiger partial charge in [0.2, 0.25) is 0 Å². The van der Waals surface area contributed by atoms with E-state index in [1.807, 2.05) is 13.0 Å². The van der Waals surface area contributed by atoms with Crippen molar-refractivity contribution < 1.29 is 13.2 Å². The number of hydrogen-bond donors (Lipinski definition) is 0. The molecule has 0 amide bonds. The van der Waals surface area contributed by atoms with Crippen LogP contribution in [0.1, 0.15) is 102 Å². The van der Waals surface area contributed by atoms with E-state index in [0.717, 1.165) is 69.3 Å². The molecule has 3 aliphatic rings. The molecule has 2 saturated carbocycles. The second-order valence-electron chi connectivity index (χ2n) is 10.7. The quantitative estimate of drug-likeness (QED) is 0.400. The number of rotatable bonds is 6. The summed E-state index contributed by atoms with van der Waals surface area (Å²) in [6.45, 7) is 4.14. The van der Waals surface area contributed by atoms with E-state index in [2.05, 4.69) is 19.1 Å². The molecule has 0 bridgehead atoms. The fourth-order valence-corrected chi connectivity index (χ4v) is 6.15. The van der Waals surface area contributed by atoms with Crippen molar-refractivity contribution in [3.8, 4) is 0 Å². The molecule has 3 heteroatoms. The lowest BCUT2D eigenvalue weighted by atomic mass is 9.76. The van der Waals surface area contributed by atoms with Gasteiger partial charge in [-0.2, -0.15) is 0 Å². The van der Waals surface area contributed by atoms with Gasteiger partial charge in [0.1, 0.15) is 5.83 Å². The van der Waals surface area contributed by atoms with Crippen molar-refractivity contribution in [1.82, 2.24) is 0 Å². The molecule has 2 fully saturated rings. The summed E-state index contributed by atoms with van der Waals surface area (Å²) < 4.78 is 43.8. The number of benzene rings is 1. The van der Waals surface area contributed by atoms with Gasteiger partial charge in [-0.1, -0.05) is 57.0 Å². The van der Waals surface area contributed by atoms with Gasteiger partial charge >= 0.3 is 0 Å². The average Bonchev–Trinajstić information content (AvgIpc) is 2.83. The van der Waals surface area contributed by atoms with Gasteiger partial charge < -0.3 is 0 Å². The Labute approximate surface area is 198 Å². The predicted octanol–water partition coefficient (Wildman–Crippen LogP) is 9.68. The van der Waals surface area contributed by atoms with Crippen molar-refractivity contribution in [2.75, 3.05) is 0 Å². The minimum Gasteiger partial charge on any atom is -0.212 e. The number of halogens is 3. The smallest absolute Gasteiger partial charge is 0.166 e. The van der Waals surface area contributed by atoms with Crippen molar-refractivity contribution in [3.05, 3.63) is 64.5 Å².